The van der Waals surface area contributed by atoms with E-state index in [4.69, 9.17) is 18.5 Å². The molecule has 0 aromatic heterocycles. The van der Waals surface area contributed by atoms with E-state index in [0.717, 1.165) is 24.2 Å². The summed E-state index contributed by atoms with van der Waals surface area (Å²) in [4.78, 5) is 0. The first-order valence-corrected chi connectivity index (χ1v) is 10.6. The molecule has 26 heavy (non-hydrogen) atoms. The Labute approximate surface area is 155 Å². The van der Waals surface area contributed by atoms with Crippen molar-refractivity contribution in [1.82, 2.24) is 0 Å². The van der Waals surface area contributed by atoms with Crippen LogP contribution in [0.15, 0.2) is 48.5 Å². The van der Waals surface area contributed by atoms with Crippen molar-refractivity contribution in [1.29, 1.82) is 0 Å². The van der Waals surface area contributed by atoms with Crippen molar-refractivity contribution in [3.05, 3.63) is 54.1 Å². The summed E-state index contributed by atoms with van der Waals surface area (Å²) in [6, 6.07) is 14.9. The molecule has 0 bridgehead atoms. The molecular weight excluding hydrogens is 351 g/mol. The van der Waals surface area contributed by atoms with Gasteiger partial charge in [0.25, 0.3) is 0 Å². The molecule has 0 saturated carbocycles. The van der Waals surface area contributed by atoms with Gasteiger partial charge in [-0.2, -0.15) is 0 Å². The zero-order valence-electron chi connectivity index (χ0n) is 15.6. The monoisotopic (exact) mass is 378 g/mol. The predicted octanol–water partition coefficient (Wildman–Crippen LogP) is 6.03. The Morgan fingerprint density at radius 2 is 1.65 bits per heavy atom. The summed E-state index contributed by atoms with van der Waals surface area (Å²) in [5.41, 5.74) is 0.882. The topological polar surface area (TPSA) is 54.0 Å². The van der Waals surface area contributed by atoms with Crippen LogP contribution in [-0.4, -0.2) is 19.9 Å². The lowest BCUT2D eigenvalue weighted by Crippen LogP contribution is -2.01. The van der Waals surface area contributed by atoms with Gasteiger partial charge in [0.1, 0.15) is 17.2 Å². The molecule has 0 aliphatic heterocycles. The van der Waals surface area contributed by atoms with E-state index in [0.29, 0.717) is 24.3 Å². The van der Waals surface area contributed by atoms with Gasteiger partial charge in [-0.25, -0.2) is 0 Å². The van der Waals surface area contributed by atoms with Crippen molar-refractivity contribution in [2.75, 3.05) is 19.9 Å². The molecule has 5 nitrogen and oxygen atoms in total. The summed E-state index contributed by atoms with van der Waals surface area (Å²) < 4.78 is 34.7. The lowest BCUT2D eigenvalue weighted by Gasteiger charge is -2.18. The molecule has 0 aliphatic carbocycles. The molecule has 0 N–H and O–H groups in total. The maximum Gasteiger partial charge on any atom is 0.330 e. The van der Waals surface area contributed by atoms with E-state index in [9.17, 15) is 4.57 Å². The number of ether oxygens (including phenoxy) is 2. The fourth-order valence-electron chi connectivity index (χ4n) is 2.37. The van der Waals surface area contributed by atoms with E-state index >= 15 is 0 Å². The Balaban J connectivity index is 2.00. The maximum atomic E-state index is 12.7. The number of rotatable bonds is 11. The first-order chi connectivity index (χ1) is 12.6. The van der Waals surface area contributed by atoms with E-state index in [2.05, 4.69) is 6.92 Å². The highest BCUT2D eigenvalue weighted by atomic mass is 31.2. The molecule has 2 rings (SSSR count). The van der Waals surface area contributed by atoms with Crippen LogP contribution in [-0.2, 0) is 20.2 Å². The first-order valence-electron chi connectivity index (χ1n) is 8.87. The largest absolute Gasteiger partial charge is 0.497 e. The van der Waals surface area contributed by atoms with Gasteiger partial charge in [-0.15, -0.1) is 0 Å². The van der Waals surface area contributed by atoms with Crippen molar-refractivity contribution in [2.24, 2.45) is 0 Å². The fourth-order valence-corrected chi connectivity index (χ4v) is 4.14. The molecular formula is C20H27O5P. The van der Waals surface area contributed by atoms with Crippen molar-refractivity contribution >= 4 is 7.60 Å². The molecule has 1 atom stereocenters. The Morgan fingerprint density at radius 1 is 0.923 bits per heavy atom. The van der Waals surface area contributed by atoms with Crippen LogP contribution in [0.25, 0.3) is 0 Å². The smallest absolute Gasteiger partial charge is 0.330 e. The van der Waals surface area contributed by atoms with Gasteiger partial charge in [0.05, 0.1) is 26.5 Å². The summed E-state index contributed by atoms with van der Waals surface area (Å²) in [5.74, 6) is 2.18. The minimum absolute atomic E-state index is 0.223. The Hall–Kier alpha value is -1.81. The van der Waals surface area contributed by atoms with Crippen LogP contribution < -0.4 is 9.47 Å². The van der Waals surface area contributed by atoms with E-state index in [-0.39, 0.29) is 6.61 Å². The maximum absolute atomic E-state index is 12.7. The molecule has 0 spiro atoms. The summed E-state index contributed by atoms with van der Waals surface area (Å²) >= 11 is 0. The summed E-state index contributed by atoms with van der Waals surface area (Å²) in [6.45, 7) is 4.48. The van der Waals surface area contributed by atoms with Gasteiger partial charge >= 0.3 is 7.60 Å². The minimum atomic E-state index is -3.05. The highest BCUT2D eigenvalue weighted by Crippen LogP contribution is 2.49. The third-order valence-electron chi connectivity index (χ3n) is 3.73. The molecule has 6 heteroatoms. The molecule has 0 saturated heterocycles. The van der Waals surface area contributed by atoms with Crippen molar-refractivity contribution in [2.45, 2.75) is 33.3 Å². The van der Waals surface area contributed by atoms with Crippen molar-refractivity contribution in [3.63, 3.8) is 0 Å². The predicted molar refractivity (Wildman–Crippen MR) is 103 cm³/mol. The molecule has 0 radical (unpaired) electrons. The van der Waals surface area contributed by atoms with E-state index < -0.39 is 7.60 Å². The molecule has 142 valence electrons. The molecule has 0 amide bonds. The summed E-state index contributed by atoms with van der Waals surface area (Å²) in [6.07, 6.45) is 2.21. The second kappa shape index (κ2) is 10.4. The number of benzene rings is 2. The highest BCUT2D eigenvalue weighted by Gasteiger charge is 2.23. The van der Waals surface area contributed by atoms with Gasteiger partial charge in [0, 0.05) is 0 Å². The van der Waals surface area contributed by atoms with E-state index in [1.54, 1.807) is 7.11 Å². The zero-order valence-corrected chi connectivity index (χ0v) is 16.5. The number of hydrogen-bond donors (Lipinski definition) is 0. The van der Waals surface area contributed by atoms with Gasteiger partial charge in [0.15, 0.2) is 0 Å². The van der Waals surface area contributed by atoms with E-state index in [1.165, 1.54) is 0 Å². The number of unbranched alkanes of at least 4 members (excludes halogenated alkanes) is 1. The lowest BCUT2D eigenvalue weighted by atomic mass is 10.2. The van der Waals surface area contributed by atoms with Gasteiger partial charge < -0.3 is 18.5 Å². The van der Waals surface area contributed by atoms with Crippen LogP contribution in [0.2, 0.25) is 0 Å². The van der Waals surface area contributed by atoms with Crippen LogP contribution >= 0.6 is 7.60 Å². The zero-order chi connectivity index (χ0) is 18.8. The Bertz CT molecular complexity index is 714. The molecule has 1 unspecified atom stereocenters. The summed E-state index contributed by atoms with van der Waals surface area (Å²) in [7, 11) is -1.42. The third kappa shape index (κ3) is 6.49. The summed E-state index contributed by atoms with van der Waals surface area (Å²) in [5, 5.41) is 0. The minimum Gasteiger partial charge on any atom is -0.497 e. The second-order valence-corrected chi connectivity index (χ2v) is 7.99. The molecule has 2 aromatic carbocycles. The molecule has 0 aliphatic rings. The quantitative estimate of drug-likeness (QED) is 0.447. The third-order valence-corrected chi connectivity index (χ3v) is 5.77. The van der Waals surface area contributed by atoms with Gasteiger partial charge in [-0.05, 0) is 55.3 Å². The Morgan fingerprint density at radius 3 is 2.31 bits per heavy atom. The van der Waals surface area contributed by atoms with E-state index in [1.807, 2.05) is 55.5 Å². The van der Waals surface area contributed by atoms with Crippen LogP contribution in [0.1, 0.15) is 32.3 Å². The number of methoxy groups -OCH3 is 1. The molecule has 0 heterocycles. The van der Waals surface area contributed by atoms with Crippen LogP contribution in [0.5, 0.6) is 17.2 Å². The fraction of sp³-hybridized carbons (Fsp3) is 0.400. The molecule has 2 aromatic rings. The van der Waals surface area contributed by atoms with Gasteiger partial charge in [-0.1, -0.05) is 25.5 Å². The lowest BCUT2D eigenvalue weighted by molar-refractivity contribution is 0.204. The van der Waals surface area contributed by atoms with Gasteiger partial charge in [-0.3, -0.25) is 4.57 Å². The Kier molecular flexibility index (Phi) is 8.17. The van der Waals surface area contributed by atoms with Crippen LogP contribution in [0.3, 0.4) is 0 Å². The average Bonchev–Trinajstić information content (AvgIpc) is 2.66. The highest BCUT2D eigenvalue weighted by molar-refractivity contribution is 7.53. The SMILES string of the molecule is CCCCP(=O)(OCC)OCc1cccc(Oc2ccc(OC)cc2)c1. The standard InChI is InChI=1S/C20H27O5P/c1-4-6-14-26(21,23-5-2)24-16-17-8-7-9-20(15-17)25-19-12-10-18(22-3)11-13-19/h7-13,15H,4-6,14,16H2,1-3H3. The normalized spacial score (nSPS) is 13.2. The second-order valence-electron chi connectivity index (χ2n) is 5.80. The van der Waals surface area contributed by atoms with Crippen LogP contribution in [0.4, 0.5) is 0 Å². The van der Waals surface area contributed by atoms with Crippen LogP contribution in [0, 0.1) is 0 Å². The van der Waals surface area contributed by atoms with Crippen molar-refractivity contribution < 1.29 is 23.1 Å². The number of hydrogen-bond acceptors (Lipinski definition) is 5. The average molecular weight is 378 g/mol. The molecule has 0 fully saturated rings. The van der Waals surface area contributed by atoms with Gasteiger partial charge in [0.2, 0.25) is 0 Å². The van der Waals surface area contributed by atoms with Crippen molar-refractivity contribution in [3.8, 4) is 17.2 Å². The first kappa shape index (κ1) is 20.5.